The van der Waals surface area contributed by atoms with E-state index in [1.54, 1.807) is 0 Å². The van der Waals surface area contributed by atoms with E-state index in [1.165, 1.54) is 0 Å². The van der Waals surface area contributed by atoms with Gasteiger partial charge in [-0.05, 0) is 33.6 Å². The van der Waals surface area contributed by atoms with Gasteiger partial charge in [0.05, 0.1) is 4.47 Å². The first kappa shape index (κ1) is 14.3. The zero-order valence-corrected chi connectivity index (χ0v) is 9.62. The lowest BCUT2D eigenvalue weighted by atomic mass is 10.0. The number of hydrogen-bond donors (Lipinski definition) is 1. The van der Waals surface area contributed by atoms with E-state index in [0.29, 0.717) is 0 Å². The van der Waals surface area contributed by atoms with Crippen LogP contribution in [-0.4, -0.2) is 12.1 Å². The molecule has 0 aliphatic carbocycles. The standard InChI is InChI=1S/C9H6BrF6N/c10-5-3-4(1-2-6(5)11)7(17)8(12,13)9(14,15)16/h1-3,7H,17H2. The van der Waals surface area contributed by atoms with Crippen LogP contribution in [0, 0.1) is 5.82 Å². The highest BCUT2D eigenvalue weighted by molar-refractivity contribution is 9.10. The molecule has 8 heteroatoms. The molecule has 2 N–H and O–H groups in total. The van der Waals surface area contributed by atoms with Gasteiger partial charge in [-0.1, -0.05) is 6.07 Å². The fourth-order valence-electron chi connectivity index (χ4n) is 1.09. The Labute approximate surface area is 101 Å². The smallest absolute Gasteiger partial charge is 0.319 e. The summed E-state index contributed by atoms with van der Waals surface area (Å²) >= 11 is 2.67. The van der Waals surface area contributed by atoms with Crippen molar-refractivity contribution < 1.29 is 26.3 Å². The third-order valence-electron chi connectivity index (χ3n) is 2.07. The third-order valence-corrected chi connectivity index (χ3v) is 2.68. The van der Waals surface area contributed by atoms with E-state index in [1.807, 2.05) is 0 Å². The van der Waals surface area contributed by atoms with Crippen LogP contribution < -0.4 is 5.73 Å². The van der Waals surface area contributed by atoms with E-state index in [2.05, 4.69) is 15.9 Å². The number of hydrogen-bond acceptors (Lipinski definition) is 1. The van der Waals surface area contributed by atoms with Gasteiger partial charge in [0, 0.05) is 0 Å². The minimum Gasteiger partial charge on any atom is -0.319 e. The molecule has 1 nitrogen and oxygen atoms in total. The molecule has 96 valence electrons. The van der Waals surface area contributed by atoms with Gasteiger partial charge >= 0.3 is 12.1 Å². The largest absolute Gasteiger partial charge is 0.455 e. The molecule has 0 bridgehead atoms. The second kappa shape index (κ2) is 4.49. The summed E-state index contributed by atoms with van der Waals surface area (Å²) in [5.41, 5.74) is 4.35. The van der Waals surface area contributed by atoms with E-state index in [4.69, 9.17) is 5.73 Å². The van der Waals surface area contributed by atoms with Crippen LogP contribution in [0.5, 0.6) is 0 Å². The lowest BCUT2D eigenvalue weighted by Gasteiger charge is -2.26. The molecule has 0 aliphatic rings. The third kappa shape index (κ3) is 2.74. The van der Waals surface area contributed by atoms with Crippen LogP contribution in [0.3, 0.4) is 0 Å². The van der Waals surface area contributed by atoms with Crippen molar-refractivity contribution in [2.45, 2.75) is 18.1 Å². The van der Waals surface area contributed by atoms with Crippen LogP contribution in [0.2, 0.25) is 0 Å². The van der Waals surface area contributed by atoms with Crippen molar-refractivity contribution in [3.8, 4) is 0 Å². The summed E-state index contributed by atoms with van der Waals surface area (Å²) in [6.07, 6.45) is -5.76. The molecule has 0 amide bonds. The van der Waals surface area contributed by atoms with Gasteiger partial charge in [0.15, 0.2) is 0 Å². The van der Waals surface area contributed by atoms with E-state index < -0.39 is 29.5 Å². The minimum atomic E-state index is -5.76. The Morgan fingerprint density at radius 1 is 1.12 bits per heavy atom. The van der Waals surface area contributed by atoms with Gasteiger partial charge in [0.2, 0.25) is 0 Å². The van der Waals surface area contributed by atoms with Gasteiger partial charge < -0.3 is 5.73 Å². The molecule has 0 saturated heterocycles. The zero-order valence-electron chi connectivity index (χ0n) is 8.03. The summed E-state index contributed by atoms with van der Waals surface area (Å²) in [4.78, 5) is 0. The van der Waals surface area contributed by atoms with Crippen molar-refractivity contribution in [3.05, 3.63) is 34.1 Å². The number of halogens is 7. The predicted molar refractivity (Wildman–Crippen MR) is 52.0 cm³/mol. The Balaban J connectivity index is 3.12. The van der Waals surface area contributed by atoms with E-state index in [0.717, 1.165) is 18.2 Å². The molecule has 1 unspecified atom stereocenters. The molecular formula is C9H6BrF6N. The highest BCUT2D eigenvalue weighted by Crippen LogP contribution is 2.43. The molecule has 0 heterocycles. The molecule has 1 aromatic carbocycles. The maximum absolute atomic E-state index is 12.9. The van der Waals surface area contributed by atoms with Crippen molar-refractivity contribution in [1.82, 2.24) is 0 Å². The van der Waals surface area contributed by atoms with Crippen LogP contribution in [-0.2, 0) is 0 Å². The molecule has 0 aromatic heterocycles. The highest BCUT2D eigenvalue weighted by atomic mass is 79.9. The summed E-state index contributed by atoms with van der Waals surface area (Å²) in [7, 11) is 0. The molecule has 0 fully saturated rings. The number of benzene rings is 1. The average molecular weight is 322 g/mol. The van der Waals surface area contributed by atoms with Crippen LogP contribution in [0.25, 0.3) is 0 Å². The number of rotatable bonds is 2. The zero-order chi connectivity index (χ0) is 13.4. The van der Waals surface area contributed by atoms with Gasteiger partial charge in [0.1, 0.15) is 11.9 Å². The Hall–Kier alpha value is -0.760. The van der Waals surface area contributed by atoms with E-state index in [9.17, 15) is 26.3 Å². The summed E-state index contributed by atoms with van der Waals surface area (Å²) < 4.78 is 74.4. The highest BCUT2D eigenvalue weighted by Gasteiger charge is 2.61. The molecule has 0 spiro atoms. The fraction of sp³-hybridized carbons (Fsp3) is 0.333. The van der Waals surface area contributed by atoms with Gasteiger partial charge in [-0.3, -0.25) is 0 Å². The molecule has 1 aromatic rings. The maximum atomic E-state index is 12.9. The summed E-state index contributed by atoms with van der Waals surface area (Å²) in [6, 6.07) is -0.255. The first-order chi connectivity index (χ1) is 7.57. The summed E-state index contributed by atoms with van der Waals surface area (Å²) in [6.45, 7) is 0. The normalized spacial score (nSPS) is 14.8. The first-order valence-corrected chi connectivity index (χ1v) is 5.01. The summed E-state index contributed by atoms with van der Waals surface area (Å²) in [5.74, 6) is -5.86. The van der Waals surface area contributed by atoms with Gasteiger partial charge in [-0.25, -0.2) is 4.39 Å². The van der Waals surface area contributed by atoms with Gasteiger partial charge in [0.25, 0.3) is 0 Å². The fourth-order valence-corrected chi connectivity index (χ4v) is 1.49. The molecular weight excluding hydrogens is 316 g/mol. The van der Waals surface area contributed by atoms with E-state index in [-0.39, 0.29) is 4.47 Å². The maximum Gasteiger partial charge on any atom is 0.455 e. The Morgan fingerprint density at radius 2 is 1.65 bits per heavy atom. The molecule has 0 radical (unpaired) electrons. The van der Waals surface area contributed by atoms with E-state index >= 15 is 0 Å². The van der Waals surface area contributed by atoms with Crippen LogP contribution in [0.4, 0.5) is 26.3 Å². The first-order valence-electron chi connectivity index (χ1n) is 4.22. The molecule has 0 saturated carbocycles. The van der Waals surface area contributed by atoms with Crippen molar-refractivity contribution in [2.24, 2.45) is 5.73 Å². The predicted octanol–water partition coefficient (Wildman–Crippen LogP) is 3.79. The molecule has 1 rings (SSSR count). The molecule has 17 heavy (non-hydrogen) atoms. The molecule has 0 aliphatic heterocycles. The second-order valence-electron chi connectivity index (χ2n) is 3.27. The number of nitrogens with two attached hydrogens (primary N) is 1. The summed E-state index contributed by atoms with van der Waals surface area (Å²) in [5, 5.41) is 0. The van der Waals surface area contributed by atoms with Crippen LogP contribution in [0.1, 0.15) is 11.6 Å². The van der Waals surface area contributed by atoms with Crippen LogP contribution in [0.15, 0.2) is 22.7 Å². The van der Waals surface area contributed by atoms with Crippen molar-refractivity contribution in [3.63, 3.8) is 0 Å². The van der Waals surface area contributed by atoms with Gasteiger partial charge in [-0.2, -0.15) is 22.0 Å². The van der Waals surface area contributed by atoms with Crippen molar-refractivity contribution >= 4 is 15.9 Å². The second-order valence-corrected chi connectivity index (χ2v) is 4.13. The number of alkyl halides is 5. The van der Waals surface area contributed by atoms with Crippen molar-refractivity contribution in [2.75, 3.05) is 0 Å². The lowest BCUT2D eigenvalue weighted by Crippen LogP contribution is -2.45. The SMILES string of the molecule is NC(c1ccc(F)c(Br)c1)C(F)(F)C(F)(F)F. The van der Waals surface area contributed by atoms with Crippen molar-refractivity contribution in [1.29, 1.82) is 0 Å². The quantitative estimate of drug-likeness (QED) is 0.824. The molecule has 1 atom stereocenters. The lowest BCUT2D eigenvalue weighted by molar-refractivity contribution is -0.291. The monoisotopic (exact) mass is 321 g/mol. The minimum absolute atomic E-state index is 0.233. The Kier molecular flexibility index (Phi) is 3.78. The topological polar surface area (TPSA) is 26.0 Å². The van der Waals surface area contributed by atoms with Crippen LogP contribution >= 0.6 is 15.9 Å². The Bertz CT molecular complexity index is 416. The van der Waals surface area contributed by atoms with Gasteiger partial charge in [-0.15, -0.1) is 0 Å². The average Bonchev–Trinajstić information content (AvgIpc) is 2.19. The Morgan fingerprint density at radius 3 is 2.06 bits per heavy atom.